The largest absolute Gasteiger partial charge is 0.368 e. The Balaban J connectivity index is 2.06. The van der Waals surface area contributed by atoms with Gasteiger partial charge in [0.2, 0.25) is 5.91 Å². The molecule has 98 valence electrons. The van der Waals surface area contributed by atoms with Crippen molar-refractivity contribution < 1.29 is 4.79 Å². The highest BCUT2D eigenvalue weighted by Crippen LogP contribution is 2.23. The monoisotopic (exact) mass is 310 g/mol. The van der Waals surface area contributed by atoms with Gasteiger partial charge in [0.25, 0.3) is 0 Å². The third-order valence-electron chi connectivity index (χ3n) is 3.66. The zero-order valence-electron chi connectivity index (χ0n) is 10.9. The third kappa shape index (κ3) is 2.69. The summed E-state index contributed by atoms with van der Waals surface area (Å²) in [5, 5.41) is 0.427. The highest BCUT2D eigenvalue weighted by Gasteiger charge is 2.21. The first-order chi connectivity index (χ1) is 8.63. The van der Waals surface area contributed by atoms with Crippen LogP contribution in [0.25, 0.3) is 0 Å². The van der Waals surface area contributed by atoms with Crippen molar-refractivity contribution in [1.82, 2.24) is 4.90 Å². The minimum atomic E-state index is 0.190. The van der Waals surface area contributed by atoms with Crippen molar-refractivity contribution in [3.05, 3.63) is 29.3 Å². The number of benzene rings is 1. The average molecular weight is 311 g/mol. The van der Waals surface area contributed by atoms with Crippen LogP contribution < -0.4 is 4.90 Å². The van der Waals surface area contributed by atoms with Gasteiger partial charge in [-0.15, -0.1) is 0 Å². The van der Waals surface area contributed by atoms with Crippen molar-refractivity contribution in [3.63, 3.8) is 0 Å². The number of hydrogen-bond acceptors (Lipinski definition) is 2. The number of halogens is 1. The number of hydrogen-bond donors (Lipinski definition) is 0. The Kier molecular flexibility index (Phi) is 4.27. The van der Waals surface area contributed by atoms with Gasteiger partial charge in [-0.1, -0.05) is 28.1 Å². The molecule has 1 amide bonds. The van der Waals surface area contributed by atoms with Crippen LogP contribution >= 0.6 is 15.9 Å². The molecular weight excluding hydrogens is 292 g/mol. The molecule has 1 saturated heterocycles. The molecule has 0 unspecified atom stereocenters. The molecule has 1 aromatic rings. The number of carbonyl (C=O) groups is 1. The average Bonchev–Trinajstić information content (AvgIpc) is 2.41. The van der Waals surface area contributed by atoms with Crippen molar-refractivity contribution in [1.29, 1.82) is 0 Å². The van der Waals surface area contributed by atoms with E-state index in [2.05, 4.69) is 52.9 Å². The van der Waals surface area contributed by atoms with Crippen LogP contribution in [0.2, 0.25) is 0 Å². The number of carbonyl (C=O) groups excluding carboxylic acids is 1. The van der Waals surface area contributed by atoms with Gasteiger partial charge in [-0.05, 0) is 31.0 Å². The molecule has 0 spiro atoms. The van der Waals surface area contributed by atoms with E-state index in [1.807, 2.05) is 4.90 Å². The molecule has 18 heavy (non-hydrogen) atoms. The predicted octanol–water partition coefficient (Wildman–Crippen LogP) is 2.35. The van der Waals surface area contributed by atoms with Crippen LogP contribution in [0.5, 0.6) is 0 Å². The fraction of sp³-hybridized carbons (Fsp3) is 0.500. The summed E-state index contributed by atoms with van der Waals surface area (Å²) in [4.78, 5) is 15.9. The number of anilines is 1. The summed E-state index contributed by atoms with van der Waals surface area (Å²) in [5.41, 5.74) is 3.98. The summed E-state index contributed by atoms with van der Waals surface area (Å²) in [6.07, 6.45) is 0. The van der Waals surface area contributed by atoms with E-state index in [4.69, 9.17) is 0 Å². The zero-order chi connectivity index (χ0) is 13.1. The van der Waals surface area contributed by atoms with Crippen LogP contribution in [0.1, 0.15) is 11.1 Å². The summed E-state index contributed by atoms with van der Waals surface area (Å²) in [6.45, 7) is 7.78. The topological polar surface area (TPSA) is 23.6 Å². The van der Waals surface area contributed by atoms with Crippen molar-refractivity contribution >= 4 is 27.5 Å². The zero-order valence-corrected chi connectivity index (χ0v) is 12.5. The van der Waals surface area contributed by atoms with E-state index in [0.29, 0.717) is 5.33 Å². The maximum atomic E-state index is 11.6. The molecule has 4 heteroatoms. The Morgan fingerprint density at radius 3 is 2.50 bits per heavy atom. The maximum Gasteiger partial charge on any atom is 0.233 e. The first kappa shape index (κ1) is 13.4. The lowest BCUT2D eigenvalue weighted by Gasteiger charge is -2.36. The van der Waals surface area contributed by atoms with E-state index >= 15 is 0 Å². The minimum absolute atomic E-state index is 0.190. The first-order valence-electron chi connectivity index (χ1n) is 6.28. The van der Waals surface area contributed by atoms with Crippen molar-refractivity contribution in [2.24, 2.45) is 0 Å². The molecule has 0 aromatic heterocycles. The Morgan fingerprint density at radius 1 is 1.22 bits per heavy atom. The van der Waals surface area contributed by atoms with E-state index in [-0.39, 0.29) is 5.91 Å². The van der Waals surface area contributed by atoms with Gasteiger partial charge in [-0.3, -0.25) is 4.79 Å². The van der Waals surface area contributed by atoms with Crippen LogP contribution in [0.3, 0.4) is 0 Å². The Bertz CT molecular complexity index is 439. The summed E-state index contributed by atoms with van der Waals surface area (Å²) in [6, 6.07) is 6.42. The molecule has 0 atom stereocenters. The van der Waals surface area contributed by atoms with Gasteiger partial charge in [-0.25, -0.2) is 0 Å². The number of alkyl halides is 1. The molecule has 1 fully saturated rings. The molecule has 2 rings (SSSR count). The highest BCUT2D eigenvalue weighted by atomic mass is 79.9. The fourth-order valence-corrected chi connectivity index (χ4v) is 2.71. The molecule has 0 N–H and O–H groups in total. The molecule has 3 nitrogen and oxygen atoms in total. The number of piperazine rings is 1. The van der Waals surface area contributed by atoms with Crippen LogP contribution in [0.4, 0.5) is 5.69 Å². The molecule has 1 aromatic carbocycles. The standard InChI is InChI=1S/C14H19BrN2O/c1-11-4-3-5-13(12(11)2)16-6-8-17(9-7-16)14(18)10-15/h3-5H,6-10H2,1-2H3. The Hall–Kier alpha value is -1.03. The van der Waals surface area contributed by atoms with Crippen LogP contribution in [-0.2, 0) is 4.79 Å². The van der Waals surface area contributed by atoms with Gasteiger partial charge in [0.15, 0.2) is 0 Å². The summed E-state index contributed by atoms with van der Waals surface area (Å²) in [5.74, 6) is 0.190. The molecule has 0 radical (unpaired) electrons. The van der Waals surface area contributed by atoms with E-state index < -0.39 is 0 Å². The number of rotatable bonds is 2. The molecule has 1 heterocycles. The van der Waals surface area contributed by atoms with Crippen molar-refractivity contribution in [3.8, 4) is 0 Å². The smallest absolute Gasteiger partial charge is 0.233 e. The van der Waals surface area contributed by atoms with Gasteiger partial charge in [-0.2, -0.15) is 0 Å². The second-order valence-corrected chi connectivity index (χ2v) is 5.28. The summed E-state index contributed by atoms with van der Waals surface area (Å²) >= 11 is 3.23. The van der Waals surface area contributed by atoms with Gasteiger partial charge in [0.1, 0.15) is 0 Å². The predicted molar refractivity (Wildman–Crippen MR) is 78.5 cm³/mol. The summed E-state index contributed by atoms with van der Waals surface area (Å²) < 4.78 is 0. The lowest BCUT2D eigenvalue weighted by Crippen LogP contribution is -2.49. The number of nitrogens with zero attached hydrogens (tertiary/aromatic N) is 2. The minimum Gasteiger partial charge on any atom is -0.368 e. The fourth-order valence-electron chi connectivity index (χ4n) is 2.36. The maximum absolute atomic E-state index is 11.6. The Labute approximate surface area is 117 Å². The van der Waals surface area contributed by atoms with Crippen molar-refractivity contribution in [2.45, 2.75) is 13.8 Å². The molecule has 0 saturated carbocycles. The van der Waals surface area contributed by atoms with Gasteiger partial charge >= 0.3 is 0 Å². The second-order valence-electron chi connectivity index (χ2n) is 4.72. The quantitative estimate of drug-likeness (QED) is 0.783. The van der Waals surface area contributed by atoms with Crippen LogP contribution in [0, 0.1) is 13.8 Å². The van der Waals surface area contributed by atoms with E-state index in [1.54, 1.807) is 0 Å². The third-order valence-corrected chi connectivity index (χ3v) is 4.14. The van der Waals surface area contributed by atoms with E-state index in [0.717, 1.165) is 26.2 Å². The SMILES string of the molecule is Cc1cccc(N2CCN(C(=O)CBr)CC2)c1C. The number of aryl methyl sites for hydroxylation is 1. The van der Waals surface area contributed by atoms with Crippen LogP contribution in [-0.4, -0.2) is 42.3 Å². The second kappa shape index (κ2) is 5.74. The lowest BCUT2D eigenvalue weighted by atomic mass is 10.1. The lowest BCUT2D eigenvalue weighted by molar-refractivity contribution is -0.128. The summed E-state index contributed by atoms with van der Waals surface area (Å²) in [7, 11) is 0. The number of amides is 1. The van der Waals surface area contributed by atoms with Gasteiger partial charge in [0.05, 0.1) is 5.33 Å². The normalized spacial score (nSPS) is 15.9. The molecule has 1 aliphatic heterocycles. The molecule has 0 aliphatic carbocycles. The Morgan fingerprint density at radius 2 is 1.89 bits per heavy atom. The van der Waals surface area contributed by atoms with Gasteiger partial charge in [0, 0.05) is 31.9 Å². The molecule has 0 bridgehead atoms. The van der Waals surface area contributed by atoms with E-state index in [1.165, 1.54) is 16.8 Å². The highest BCUT2D eigenvalue weighted by molar-refractivity contribution is 9.09. The van der Waals surface area contributed by atoms with Crippen molar-refractivity contribution in [2.75, 3.05) is 36.4 Å². The first-order valence-corrected chi connectivity index (χ1v) is 7.40. The van der Waals surface area contributed by atoms with Crippen LogP contribution in [0.15, 0.2) is 18.2 Å². The van der Waals surface area contributed by atoms with E-state index in [9.17, 15) is 4.79 Å². The molecular formula is C14H19BrN2O. The molecule has 1 aliphatic rings. The van der Waals surface area contributed by atoms with Gasteiger partial charge < -0.3 is 9.80 Å².